The van der Waals surface area contributed by atoms with E-state index >= 15 is 0 Å². The van der Waals surface area contributed by atoms with Gasteiger partial charge in [-0.2, -0.15) is 0 Å². The molecule has 1 amide bonds. The minimum atomic E-state index is -1.05. The van der Waals surface area contributed by atoms with Crippen LogP contribution in [0.15, 0.2) is 42.5 Å². The summed E-state index contributed by atoms with van der Waals surface area (Å²) >= 11 is 0. The normalized spacial score (nSPS) is 15.0. The Morgan fingerprint density at radius 3 is 2.58 bits per heavy atom. The van der Waals surface area contributed by atoms with Gasteiger partial charge in [-0.1, -0.05) is 18.6 Å². The van der Waals surface area contributed by atoms with Crippen molar-refractivity contribution in [2.24, 2.45) is 0 Å². The molecule has 1 fully saturated rings. The van der Waals surface area contributed by atoms with E-state index in [-0.39, 0.29) is 11.7 Å². The Balaban J connectivity index is 1.77. The molecule has 2 aromatic carbocycles. The second kappa shape index (κ2) is 7.15. The molecule has 1 saturated carbocycles. The number of hydrogen-bond donors (Lipinski definition) is 2. The summed E-state index contributed by atoms with van der Waals surface area (Å²) in [7, 11) is 0. The lowest BCUT2D eigenvalue weighted by molar-refractivity contribution is -0.139. The van der Waals surface area contributed by atoms with E-state index in [9.17, 15) is 14.0 Å². The van der Waals surface area contributed by atoms with Crippen molar-refractivity contribution >= 4 is 17.6 Å². The van der Waals surface area contributed by atoms with Crippen molar-refractivity contribution < 1.29 is 23.8 Å². The summed E-state index contributed by atoms with van der Waals surface area (Å²) in [6, 6.07) is 11.2. The number of aryl methyl sites for hydroxylation is 1. The van der Waals surface area contributed by atoms with Crippen LogP contribution in [0.2, 0.25) is 0 Å². The van der Waals surface area contributed by atoms with Crippen LogP contribution in [0.1, 0.15) is 30.4 Å². The molecule has 6 heteroatoms. The first kappa shape index (κ1) is 17.9. The highest BCUT2D eigenvalue weighted by Crippen LogP contribution is 2.45. The molecule has 0 aromatic heterocycles. The number of carboxylic acids is 1. The Bertz CT molecular complexity index is 845. The van der Waals surface area contributed by atoms with Crippen LogP contribution >= 0.6 is 0 Å². The molecule has 0 spiro atoms. The fourth-order valence-electron chi connectivity index (χ4n) is 3.22. The van der Waals surface area contributed by atoms with Gasteiger partial charge < -0.3 is 15.2 Å². The Morgan fingerprint density at radius 2 is 2.00 bits per heavy atom. The van der Waals surface area contributed by atoms with E-state index in [2.05, 4.69) is 5.32 Å². The molecule has 0 radical (unpaired) electrons. The zero-order valence-corrected chi connectivity index (χ0v) is 14.4. The van der Waals surface area contributed by atoms with E-state index in [4.69, 9.17) is 9.84 Å². The van der Waals surface area contributed by atoms with Crippen molar-refractivity contribution in [2.45, 2.75) is 31.6 Å². The van der Waals surface area contributed by atoms with E-state index in [1.807, 2.05) is 0 Å². The summed E-state index contributed by atoms with van der Waals surface area (Å²) in [4.78, 5) is 23.5. The predicted molar refractivity (Wildman–Crippen MR) is 94.9 cm³/mol. The van der Waals surface area contributed by atoms with E-state index < -0.39 is 18.0 Å². The van der Waals surface area contributed by atoms with Crippen LogP contribution in [-0.4, -0.2) is 23.6 Å². The molecule has 1 aliphatic carbocycles. The Hall–Kier alpha value is -2.89. The molecule has 0 aliphatic heterocycles. The standard InChI is InChI=1S/C20H20FNO4/c1-13-10-16(26-12-18(23)24)6-7-17(13)22-19(25)20(8-3-9-20)14-4-2-5-15(21)11-14/h2,4-7,10-11H,3,8-9,12H2,1H3,(H,22,25)(H,23,24). The van der Waals surface area contributed by atoms with Crippen molar-refractivity contribution in [2.75, 3.05) is 11.9 Å². The maximum Gasteiger partial charge on any atom is 0.341 e. The molecule has 0 bridgehead atoms. The smallest absolute Gasteiger partial charge is 0.341 e. The van der Waals surface area contributed by atoms with Crippen LogP contribution in [0.5, 0.6) is 5.75 Å². The number of carboxylic acid groups (broad SMARTS) is 1. The highest BCUT2D eigenvalue weighted by molar-refractivity contribution is 6.00. The molecule has 2 aromatic rings. The van der Waals surface area contributed by atoms with Crippen LogP contribution in [0, 0.1) is 12.7 Å². The molecule has 0 heterocycles. The number of amides is 1. The van der Waals surface area contributed by atoms with Gasteiger partial charge in [0.2, 0.25) is 5.91 Å². The maximum atomic E-state index is 13.6. The minimum Gasteiger partial charge on any atom is -0.482 e. The van der Waals surface area contributed by atoms with Gasteiger partial charge in [-0.05, 0) is 61.2 Å². The first-order valence-corrected chi connectivity index (χ1v) is 8.43. The van der Waals surface area contributed by atoms with Gasteiger partial charge in [0.05, 0.1) is 5.41 Å². The molecular weight excluding hydrogens is 337 g/mol. The van der Waals surface area contributed by atoms with Crippen molar-refractivity contribution in [3.63, 3.8) is 0 Å². The molecular formula is C20H20FNO4. The third-order valence-electron chi connectivity index (χ3n) is 4.83. The Labute approximate surface area is 150 Å². The van der Waals surface area contributed by atoms with E-state index in [0.717, 1.165) is 12.0 Å². The molecule has 2 N–H and O–H groups in total. The Kier molecular flexibility index (Phi) is 4.93. The number of ether oxygens (including phenoxy) is 1. The predicted octanol–water partition coefficient (Wildman–Crippen LogP) is 3.66. The SMILES string of the molecule is Cc1cc(OCC(=O)O)ccc1NC(=O)C1(c2cccc(F)c2)CCC1. The zero-order chi connectivity index (χ0) is 18.7. The summed E-state index contributed by atoms with van der Waals surface area (Å²) in [5.41, 5.74) is 1.38. The average molecular weight is 357 g/mol. The lowest BCUT2D eigenvalue weighted by Gasteiger charge is -2.40. The van der Waals surface area contributed by atoms with Gasteiger partial charge in [0.1, 0.15) is 11.6 Å². The van der Waals surface area contributed by atoms with Crippen molar-refractivity contribution in [3.8, 4) is 5.75 Å². The minimum absolute atomic E-state index is 0.156. The number of aliphatic carboxylic acids is 1. The maximum absolute atomic E-state index is 13.6. The first-order chi connectivity index (χ1) is 12.4. The summed E-state index contributed by atoms with van der Waals surface area (Å²) < 4.78 is 18.7. The van der Waals surface area contributed by atoms with Gasteiger partial charge in [-0.3, -0.25) is 4.79 Å². The number of halogens is 1. The fraction of sp³-hybridized carbons (Fsp3) is 0.300. The van der Waals surface area contributed by atoms with Crippen molar-refractivity contribution in [1.82, 2.24) is 0 Å². The Morgan fingerprint density at radius 1 is 1.23 bits per heavy atom. The fourth-order valence-corrected chi connectivity index (χ4v) is 3.22. The largest absolute Gasteiger partial charge is 0.482 e. The second-order valence-electron chi connectivity index (χ2n) is 6.56. The lowest BCUT2D eigenvalue weighted by Crippen LogP contribution is -2.46. The van der Waals surface area contributed by atoms with E-state index in [1.165, 1.54) is 12.1 Å². The van der Waals surface area contributed by atoms with Crippen LogP contribution in [0.25, 0.3) is 0 Å². The third-order valence-corrected chi connectivity index (χ3v) is 4.83. The summed E-state index contributed by atoms with van der Waals surface area (Å²) in [5.74, 6) is -1.14. The monoisotopic (exact) mass is 357 g/mol. The van der Waals surface area contributed by atoms with Gasteiger partial charge in [-0.15, -0.1) is 0 Å². The van der Waals surface area contributed by atoms with Crippen LogP contribution in [-0.2, 0) is 15.0 Å². The van der Waals surface area contributed by atoms with Gasteiger partial charge in [0, 0.05) is 5.69 Å². The number of rotatable bonds is 6. The average Bonchev–Trinajstić information content (AvgIpc) is 2.54. The van der Waals surface area contributed by atoms with Crippen molar-refractivity contribution in [3.05, 3.63) is 59.4 Å². The van der Waals surface area contributed by atoms with Gasteiger partial charge in [-0.25, -0.2) is 9.18 Å². The van der Waals surface area contributed by atoms with E-state index in [0.29, 0.717) is 29.8 Å². The number of carbonyl (C=O) groups is 2. The van der Waals surface area contributed by atoms with Gasteiger partial charge >= 0.3 is 5.97 Å². The summed E-state index contributed by atoms with van der Waals surface area (Å²) in [5, 5.41) is 11.6. The molecule has 26 heavy (non-hydrogen) atoms. The van der Waals surface area contributed by atoms with Gasteiger partial charge in [0.15, 0.2) is 6.61 Å². The molecule has 0 atom stereocenters. The highest BCUT2D eigenvalue weighted by Gasteiger charge is 2.45. The van der Waals surface area contributed by atoms with E-state index in [1.54, 1.807) is 37.3 Å². The number of benzene rings is 2. The number of hydrogen-bond acceptors (Lipinski definition) is 3. The molecule has 136 valence electrons. The topological polar surface area (TPSA) is 75.6 Å². The number of nitrogens with one attached hydrogen (secondary N) is 1. The lowest BCUT2D eigenvalue weighted by atomic mass is 9.63. The summed E-state index contributed by atoms with van der Waals surface area (Å²) in [6.07, 6.45) is 2.28. The van der Waals surface area contributed by atoms with Crippen molar-refractivity contribution in [1.29, 1.82) is 0 Å². The third kappa shape index (κ3) is 3.54. The second-order valence-corrected chi connectivity index (χ2v) is 6.56. The number of carbonyl (C=O) groups excluding carboxylic acids is 1. The number of anilines is 1. The first-order valence-electron chi connectivity index (χ1n) is 8.43. The van der Waals surface area contributed by atoms with Gasteiger partial charge in [0.25, 0.3) is 0 Å². The van der Waals surface area contributed by atoms with Crippen LogP contribution < -0.4 is 10.1 Å². The molecule has 0 unspecified atom stereocenters. The summed E-state index contributed by atoms with van der Waals surface area (Å²) in [6.45, 7) is 1.38. The zero-order valence-electron chi connectivity index (χ0n) is 14.4. The molecule has 3 rings (SSSR count). The van der Waals surface area contributed by atoms with Crippen LogP contribution in [0.4, 0.5) is 10.1 Å². The molecule has 0 saturated heterocycles. The molecule has 1 aliphatic rings. The highest BCUT2D eigenvalue weighted by atomic mass is 19.1. The quantitative estimate of drug-likeness (QED) is 0.827. The molecule has 5 nitrogen and oxygen atoms in total. The van der Waals surface area contributed by atoms with Crippen LogP contribution in [0.3, 0.4) is 0 Å².